The number of furan rings is 1. The van der Waals surface area contributed by atoms with E-state index in [1.54, 1.807) is 24.4 Å². The average Bonchev–Trinajstić information content (AvgIpc) is 3.37. The van der Waals surface area contributed by atoms with Gasteiger partial charge in [-0.3, -0.25) is 4.98 Å². The van der Waals surface area contributed by atoms with E-state index in [1.807, 2.05) is 36.4 Å². The van der Waals surface area contributed by atoms with Crippen LogP contribution in [0.3, 0.4) is 0 Å². The molecule has 1 aromatic carbocycles. The minimum atomic E-state index is -0.963. The lowest BCUT2D eigenvalue weighted by molar-refractivity contribution is 0.0697. The summed E-state index contributed by atoms with van der Waals surface area (Å²) >= 11 is 5.63. The fraction of sp³-hybridized carbons (Fsp3) is 0.261. The zero-order valence-corrected chi connectivity index (χ0v) is 17.4. The molecule has 0 saturated carbocycles. The highest BCUT2D eigenvalue weighted by atomic mass is 32.1. The fourth-order valence-electron chi connectivity index (χ4n) is 3.76. The Morgan fingerprint density at radius 3 is 2.83 bits per heavy atom. The fourth-order valence-corrected chi connectivity index (χ4v) is 4.09. The molecule has 1 saturated heterocycles. The lowest BCUT2D eigenvalue weighted by Crippen LogP contribution is -2.30. The van der Waals surface area contributed by atoms with Gasteiger partial charge in [0.25, 0.3) is 0 Å². The maximum absolute atomic E-state index is 11.3. The number of nitrogens with one attached hydrogen (secondary N) is 1. The van der Waals surface area contributed by atoms with E-state index in [0.717, 1.165) is 36.4 Å². The highest BCUT2D eigenvalue weighted by molar-refractivity contribution is 7.80. The molecule has 2 aromatic heterocycles. The Balaban J connectivity index is 1.71. The largest absolute Gasteiger partial charge is 0.478 e. The van der Waals surface area contributed by atoms with Crippen molar-refractivity contribution in [2.45, 2.75) is 31.8 Å². The monoisotopic (exact) mass is 421 g/mol. The zero-order chi connectivity index (χ0) is 21.1. The van der Waals surface area contributed by atoms with E-state index >= 15 is 0 Å². The molecule has 1 aliphatic heterocycles. The lowest BCUT2D eigenvalue weighted by atomic mass is 10.0. The number of aromatic carboxylic acids is 1. The lowest BCUT2D eigenvalue weighted by Gasteiger charge is -2.25. The van der Waals surface area contributed by atoms with Crippen LogP contribution in [0.1, 0.15) is 53.7 Å². The molecule has 30 heavy (non-hydrogen) atoms. The number of carboxylic acids is 1. The van der Waals surface area contributed by atoms with E-state index in [0.29, 0.717) is 10.9 Å². The van der Waals surface area contributed by atoms with Crippen LogP contribution in [-0.2, 0) is 0 Å². The Morgan fingerprint density at radius 2 is 2.10 bits per heavy atom. The van der Waals surface area contributed by atoms with Crippen molar-refractivity contribution in [3.63, 3.8) is 0 Å². The summed E-state index contributed by atoms with van der Waals surface area (Å²) in [5.41, 5.74) is 1.85. The summed E-state index contributed by atoms with van der Waals surface area (Å²) in [5, 5.41) is 13.4. The summed E-state index contributed by atoms with van der Waals surface area (Å²) in [6.07, 6.45) is 3.85. The molecule has 0 spiro atoms. The molecule has 6 nitrogen and oxygen atoms in total. The molecule has 2 N–H and O–H groups in total. The second kappa shape index (κ2) is 8.67. The van der Waals surface area contributed by atoms with E-state index in [2.05, 4.69) is 22.1 Å². The van der Waals surface area contributed by atoms with E-state index in [4.69, 9.17) is 16.6 Å². The molecule has 1 aliphatic rings. The van der Waals surface area contributed by atoms with Crippen LogP contribution in [0, 0.1) is 0 Å². The maximum Gasteiger partial charge on any atom is 0.335 e. The number of hydrogen-bond donors (Lipinski definition) is 2. The van der Waals surface area contributed by atoms with Gasteiger partial charge in [-0.2, -0.15) is 0 Å². The van der Waals surface area contributed by atoms with Crippen molar-refractivity contribution >= 4 is 23.3 Å². The van der Waals surface area contributed by atoms with Gasteiger partial charge in [-0.1, -0.05) is 31.5 Å². The predicted octanol–water partition coefficient (Wildman–Crippen LogP) is 4.81. The number of aromatic nitrogens is 1. The first-order valence-electron chi connectivity index (χ1n) is 10.00. The number of nitrogens with zero attached hydrogens (tertiary/aromatic N) is 2. The SMILES string of the molecule is CCCCN1C(=S)NC(c2ccccn2)C1c1ccc(-c2cccc(C(=O)O)c2)o1. The molecule has 3 aromatic rings. The van der Waals surface area contributed by atoms with Crippen LogP contribution < -0.4 is 5.32 Å². The normalized spacial score (nSPS) is 18.4. The summed E-state index contributed by atoms with van der Waals surface area (Å²) in [7, 11) is 0. The van der Waals surface area contributed by atoms with Crippen LogP contribution in [0.15, 0.2) is 65.2 Å². The summed E-state index contributed by atoms with van der Waals surface area (Å²) in [6, 6.07) is 16.2. The first-order chi connectivity index (χ1) is 14.6. The van der Waals surface area contributed by atoms with Gasteiger partial charge in [0.15, 0.2) is 5.11 Å². The Hall–Kier alpha value is -3.19. The number of pyridine rings is 1. The van der Waals surface area contributed by atoms with Crippen LogP contribution in [0.2, 0.25) is 0 Å². The third-order valence-electron chi connectivity index (χ3n) is 5.26. The molecular formula is C23H23N3O3S. The van der Waals surface area contributed by atoms with Gasteiger partial charge in [0, 0.05) is 18.3 Å². The van der Waals surface area contributed by atoms with E-state index in [1.165, 1.54) is 0 Å². The highest BCUT2D eigenvalue weighted by Crippen LogP contribution is 2.40. The minimum Gasteiger partial charge on any atom is -0.478 e. The van der Waals surface area contributed by atoms with Gasteiger partial charge in [0.2, 0.25) is 0 Å². The highest BCUT2D eigenvalue weighted by Gasteiger charge is 2.41. The molecule has 154 valence electrons. The Bertz CT molecular complexity index is 1050. The third-order valence-corrected chi connectivity index (χ3v) is 5.62. The molecule has 0 bridgehead atoms. The third kappa shape index (κ3) is 3.93. The summed E-state index contributed by atoms with van der Waals surface area (Å²) in [4.78, 5) is 18.0. The molecule has 0 radical (unpaired) electrons. The molecule has 0 amide bonds. The molecular weight excluding hydrogens is 398 g/mol. The summed E-state index contributed by atoms with van der Waals surface area (Å²) < 4.78 is 6.24. The average molecular weight is 422 g/mol. The van der Waals surface area contributed by atoms with Crippen molar-refractivity contribution in [3.05, 3.63) is 77.8 Å². The second-order valence-corrected chi connectivity index (χ2v) is 7.65. The Kier molecular flexibility index (Phi) is 5.81. The smallest absolute Gasteiger partial charge is 0.335 e. The van der Waals surface area contributed by atoms with Crippen molar-refractivity contribution in [1.82, 2.24) is 15.2 Å². The van der Waals surface area contributed by atoms with Gasteiger partial charge in [-0.15, -0.1) is 0 Å². The molecule has 7 heteroatoms. The van der Waals surface area contributed by atoms with Crippen LogP contribution in [0.25, 0.3) is 11.3 Å². The van der Waals surface area contributed by atoms with E-state index in [9.17, 15) is 9.90 Å². The zero-order valence-electron chi connectivity index (χ0n) is 16.6. The van der Waals surface area contributed by atoms with Crippen molar-refractivity contribution in [3.8, 4) is 11.3 Å². The summed E-state index contributed by atoms with van der Waals surface area (Å²) in [6.45, 7) is 2.97. The van der Waals surface area contributed by atoms with Gasteiger partial charge >= 0.3 is 5.97 Å². The first-order valence-corrected chi connectivity index (χ1v) is 10.4. The predicted molar refractivity (Wildman–Crippen MR) is 118 cm³/mol. The molecule has 2 atom stereocenters. The van der Waals surface area contributed by atoms with Gasteiger partial charge < -0.3 is 19.7 Å². The topological polar surface area (TPSA) is 78.6 Å². The minimum absolute atomic E-state index is 0.125. The number of benzene rings is 1. The van der Waals surface area contributed by atoms with Gasteiger partial charge in [0.05, 0.1) is 17.3 Å². The van der Waals surface area contributed by atoms with Gasteiger partial charge in [0.1, 0.15) is 17.6 Å². The van der Waals surface area contributed by atoms with Crippen LogP contribution in [0.5, 0.6) is 0 Å². The number of hydrogen-bond acceptors (Lipinski definition) is 4. The molecule has 3 heterocycles. The molecule has 4 rings (SSSR count). The van der Waals surface area contributed by atoms with Crippen LogP contribution >= 0.6 is 12.2 Å². The molecule has 1 fully saturated rings. The quantitative estimate of drug-likeness (QED) is 0.530. The van der Waals surface area contributed by atoms with Crippen LogP contribution in [-0.4, -0.2) is 32.6 Å². The molecule has 2 unspecified atom stereocenters. The Morgan fingerprint density at radius 1 is 1.23 bits per heavy atom. The van der Waals surface area contributed by atoms with Crippen molar-refractivity contribution in [1.29, 1.82) is 0 Å². The first kappa shape index (κ1) is 20.1. The number of carboxylic acid groups (broad SMARTS) is 1. The maximum atomic E-state index is 11.3. The Labute approximate surface area is 180 Å². The van der Waals surface area contributed by atoms with Crippen molar-refractivity contribution in [2.75, 3.05) is 6.54 Å². The van der Waals surface area contributed by atoms with Crippen molar-refractivity contribution in [2.24, 2.45) is 0 Å². The molecule has 0 aliphatic carbocycles. The number of thiocarbonyl (C=S) groups is 1. The van der Waals surface area contributed by atoms with Crippen molar-refractivity contribution < 1.29 is 14.3 Å². The number of rotatable bonds is 7. The van der Waals surface area contributed by atoms with E-state index in [-0.39, 0.29) is 17.6 Å². The van der Waals surface area contributed by atoms with Crippen LogP contribution in [0.4, 0.5) is 0 Å². The van der Waals surface area contributed by atoms with Gasteiger partial charge in [-0.25, -0.2) is 4.79 Å². The van der Waals surface area contributed by atoms with Gasteiger partial charge in [-0.05, 0) is 55.0 Å². The number of carbonyl (C=O) groups is 1. The number of unbranched alkanes of at least 4 members (excludes halogenated alkanes) is 1. The second-order valence-electron chi connectivity index (χ2n) is 7.26. The van der Waals surface area contributed by atoms with E-state index < -0.39 is 5.97 Å². The summed E-state index contributed by atoms with van der Waals surface area (Å²) in [5.74, 6) is 0.431. The standard InChI is InChI=1S/C23H23N3O3S/c1-2-3-13-26-21(20(25-23(26)30)17-9-4-5-12-24-17)19-11-10-18(29-19)15-7-6-8-16(14-15)22(27)28/h4-12,14,20-21H,2-3,13H2,1H3,(H,25,30)(H,27,28).